The maximum Gasteiger partial charge on any atom is 0.253 e. The predicted molar refractivity (Wildman–Crippen MR) is 96.3 cm³/mol. The molecule has 2 rings (SSSR count). The third-order valence-electron chi connectivity index (χ3n) is 4.04. The summed E-state index contributed by atoms with van der Waals surface area (Å²) in [6.45, 7) is 4.96. The van der Waals surface area contributed by atoms with Crippen LogP contribution in [-0.4, -0.2) is 73.2 Å². The lowest BCUT2D eigenvalue weighted by molar-refractivity contribution is 0.0827. The maximum absolute atomic E-state index is 12.0. The maximum atomic E-state index is 12.0. The highest BCUT2D eigenvalue weighted by atomic mass is 16.3. The molecule has 0 aliphatic carbocycles. The highest BCUT2D eigenvalue weighted by Gasteiger charge is 2.22. The van der Waals surface area contributed by atoms with Crippen LogP contribution in [0.15, 0.2) is 29.3 Å². The van der Waals surface area contributed by atoms with E-state index < -0.39 is 0 Å². The van der Waals surface area contributed by atoms with Gasteiger partial charge in [-0.1, -0.05) is 12.1 Å². The first-order valence-electron chi connectivity index (χ1n) is 8.53. The van der Waals surface area contributed by atoms with Crippen molar-refractivity contribution in [3.8, 4) is 0 Å². The molecule has 0 aromatic heterocycles. The van der Waals surface area contributed by atoms with Crippen LogP contribution in [0.2, 0.25) is 0 Å². The van der Waals surface area contributed by atoms with E-state index in [-0.39, 0.29) is 12.0 Å². The molecule has 6 nitrogen and oxygen atoms in total. The second-order valence-corrected chi connectivity index (χ2v) is 6.27. The minimum Gasteiger partial charge on any atom is -0.391 e. The van der Waals surface area contributed by atoms with Gasteiger partial charge in [-0.3, -0.25) is 9.79 Å². The van der Waals surface area contributed by atoms with Crippen molar-refractivity contribution in [1.29, 1.82) is 0 Å². The summed E-state index contributed by atoms with van der Waals surface area (Å²) in [5.41, 5.74) is 1.81. The van der Waals surface area contributed by atoms with Crippen molar-refractivity contribution in [1.82, 2.24) is 15.1 Å². The number of carbonyl (C=O) groups excluding carboxylic acids is 1. The summed E-state index contributed by atoms with van der Waals surface area (Å²) < 4.78 is 0. The first kappa shape index (κ1) is 18.3. The van der Waals surface area contributed by atoms with Crippen molar-refractivity contribution in [3.63, 3.8) is 0 Å². The van der Waals surface area contributed by atoms with Gasteiger partial charge in [-0.25, -0.2) is 0 Å². The van der Waals surface area contributed by atoms with Gasteiger partial charge >= 0.3 is 0 Å². The Morgan fingerprint density at radius 3 is 2.88 bits per heavy atom. The van der Waals surface area contributed by atoms with Crippen LogP contribution in [0.25, 0.3) is 0 Å². The second-order valence-electron chi connectivity index (χ2n) is 6.27. The molecule has 0 saturated carbocycles. The van der Waals surface area contributed by atoms with E-state index in [1.54, 1.807) is 19.0 Å². The number of rotatable bonds is 5. The Labute approximate surface area is 144 Å². The van der Waals surface area contributed by atoms with Crippen molar-refractivity contribution in [2.45, 2.75) is 25.9 Å². The normalized spacial score (nSPS) is 17.9. The largest absolute Gasteiger partial charge is 0.391 e. The summed E-state index contributed by atoms with van der Waals surface area (Å²) in [6, 6.07) is 7.71. The molecule has 24 heavy (non-hydrogen) atoms. The number of guanidine groups is 1. The molecule has 1 atom stereocenters. The number of β-amino-alcohol motifs (C(OH)–C–C–N with tert-alkyl or cyclic N) is 1. The van der Waals surface area contributed by atoms with Gasteiger partial charge in [-0.05, 0) is 37.5 Å². The molecule has 1 saturated heterocycles. The SMILES string of the molecule is CCNC(=NCCc1cccc(C(=O)N(C)C)c1)N1CC[C@@H](O)C1. The molecule has 0 radical (unpaired) electrons. The molecule has 1 amide bonds. The fourth-order valence-corrected chi connectivity index (χ4v) is 2.77. The van der Waals surface area contributed by atoms with Gasteiger partial charge in [0.15, 0.2) is 5.96 Å². The van der Waals surface area contributed by atoms with Gasteiger partial charge < -0.3 is 20.2 Å². The predicted octanol–water partition coefficient (Wildman–Crippen LogP) is 0.963. The Bertz CT molecular complexity index is 586. The van der Waals surface area contributed by atoms with Crippen molar-refractivity contribution in [2.75, 3.05) is 40.3 Å². The average molecular weight is 332 g/mol. The first-order chi connectivity index (χ1) is 11.5. The van der Waals surface area contributed by atoms with E-state index in [1.807, 2.05) is 31.2 Å². The van der Waals surface area contributed by atoms with E-state index in [1.165, 1.54) is 0 Å². The molecule has 2 N–H and O–H groups in total. The number of nitrogens with zero attached hydrogens (tertiary/aromatic N) is 3. The lowest BCUT2D eigenvalue weighted by Crippen LogP contribution is -2.40. The summed E-state index contributed by atoms with van der Waals surface area (Å²) >= 11 is 0. The van der Waals surface area contributed by atoms with E-state index in [9.17, 15) is 9.90 Å². The minimum atomic E-state index is -0.261. The highest BCUT2D eigenvalue weighted by molar-refractivity contribution is 5.94. The number of aliphatic imine (C=N–C) groups is 1. The third-order valence-corrected chi connectivity index (χ3v) is 4.04. The van der Waals surface area contributed by atoms with Crippen LogP contribution in [-0.2, 0) is 6.42 Å². The summed E-state index contributed by atoms with van der Waals surface area (Å²) in [6.07, 6.45) is 1.31. The summed E-state index contributed by atoms with van der Waals surface area (Å²) in [7, 11) is 3.51. The van der Waals surface area contributed by atoms with Crippen LogP contribution in [0.4, 0.5) is 0 Å². The fraction of sp³-hybridized carbons (Fsp3) is 0.556. The third kappa shape index (κ3) is 4.96. The number of aliphatic hydroxyl groups is 1. The van der Waals surface area contributed by atoms with Crippen LogP contribution in [0, 0.1) is 0 Å². The standard InChI is InChI=1S/C18H28N4O2/c1-4-19-18(22-11-9-16(23)13-22)20-10-8-14-6-5-7-15(12-14)17(24)21(2)3/h5-7,12,16,23H,4,8-11,13H2,1-3H3,(H,19,20)/t16-/m1/s1. The molecule has 1 fully saturated rings. The van der Waals surface area contributed by atoms with Crippen LogP contribution < -0.4 is 5.32 Å². The lowest BCUT2D eigenvalue weighted by Gasteiger charge is -2.20. The molecule has 0 spiro atoms. The zero-order valence-corrected chi connectivity index (χ0v) is 14.8. The van der Waals surface area contributed by atoms with Gasteiger partial charge in [0.05, 0.1) is 6.10 Å². The van der Waals surface area contributed by atoms with Gasteiger partial charge in [0.2, 0.25) is 0 Å². The van der Waals surface area contributed by atoms with Gasteiger partial charge in [-0.15, -0.1) is 0 Å². The second kappa shape index (κ2) is 8.68. The molecule has 1 heterocycles. The summed E-state index contributed by atoms with van der Waals surface area (Å²) in [5, 5.41) is 13.0. The zero-order valence-electron chi connectivity index (χ0n) is 14.8. The smallest absolute Gasteiger partial charge is 0.253 e. The van der Waals surface area contributed by atoms with Crippen LogP contribution in [0.1, 0.15) is 29.3 Å². The summed E-state index contributed by atoms with van der Waals surface area (Å²) in [5.74, 6) is 0.870. The van der Waals surface area contributed by atoms with Gasteiger partial charge in [0.1, 0.15) is 0 Å². The molecule has 6 heteroatoms. The fourth-order valence-electron chi connectivity index (χ4n) is 2.77. The molecule has 1 aromatic rings. The number of nitrogens with one attached hydrogen (secondary N) is 1. The number of carbonyl (C=O) groups is 1. The quantitative estimate of drug-likeness (QED) is 0.623. The Morgan fingerprint density at radius 2 is 2.25 bits per heavy atom. The number of hydrogen-bond acceptors (Lipinski definition) is 3. The van der Waals surface area contributed by atoms with Crippen molar-refractivity contribution in [3.05, 3.63) is 35.4 Å². The Kier molecular flexibility index (Phi) is 6.61. The molecular weight excluding hydrogens is 304 g/mol. The molecule has 1 aromatic carbocycles. The topological polar surface area (TPSA) is 68.2 Å². The lowest BCUT2D eigenvalue weighted by atomic mass is 10.1. The average Bonchev–Trinajstić information content (AvgIpc) is 3.00. The zero-order chi connectivity index (χ0) is 17.5. The van der Waals surface area contributed by atoms with E-state index in [2.05, 4.69) is 15.2 Å². The van der Waals surface area contributed by atoms with Crippen LogP contribution >= 0.6 is 0 Å². The Morgan fingerprint density at radius 1 is 1.46 bits per heavy atom. The molecule has 0 bridgehead atoms. The van der Waals surface area contributed by atoms with E-state index >= 15 is 0 Å². The first-order valence-corrected chi connectivity index (χ1v) is 8.53. The van der Waals surface area contributed by atoms with E-state index in [4.69, 9.17) is 0 Å². The van der Waals surface area contributed by atoms with Crippen molar-refractivity contribution in [2.24, 2.45) is 4.99 Å². The van der Waals surface area contributed by atoms with Crippen molar-refractivity contribution >= 4 is 11.9 Å². The minimum absolute atomic E-state index is 0.0137. The van der Waals surface area contributed by atoms with E-state index in [0.717, 1.165) is 37.5 Å². The number of aliphatic hydroxyl groups excluding tert-OH is 1. The van der Waals surface area contributed by atoms with Gasteiger partial charge in [-0.2, -0.15) is 0 Å². The number of hydrogen-bond donors (Lipinski definition) is 2. The van der Waals surface area contributed by atoms with Gasteiger partial charge in [0, 0.05) is 45.8 Å². The van der Waals surface area contributed by atoms with Crippen LogP contribution in [0.5, 0.6) is 0 Å². The van der Waals surface area contributed by atoms with Crippen LogP contribution in [0.3, 0.4) is 0 Å². The summed E-state index contributed by atoms with van der Waals surface area (Å²) in [4.78, 5) is 20.4. The molecule has 0 unspecified atom stereocenters. The molecule has 132 valence electrons. The number of likely N-dealkylation sites (tertiary alicyclic amines) is 1. The van der Waals surface area contributed by atoms with Gasteiger partial charge in [0.25, 0.3) is 5.91 Å². The van der Waals surface area contributed by atoms with Crippen molar-refractivity contribution < 1.29 is 9.90 Å². The monoisotopic (exact) mass is 332 g/mol. The van der Waals surface area contributed by atoms with E-state index in [0.29, 0.717) is 18.7 Å². The Hall–Kier alpha value is -2.08. The molecular formula is C18H28N4O2. The number of benzene rings is 1. The Balaban J connectivity index is 1.98. The highest BCUT2D eigenvalue weighted by Crippen LogP contribution is 2.10. The number of amides is 1. The molecule has 1 aliphatic heterocycles. The molecule has 1 aliphatic rings.